The fraction of sp³-hybridized carbons (Fsp3) is 0.385. The molecular formula is C13H16N2O3. The van der Waals surface area contributed by atoms with E-state index >= 15 is 0 Å². The molecule has 0 spiro atoms. The second-order valence-electron chi connectivity index (χ2n) is 4.43. The van der Waals surface area contributed by atoms with Gasteiger partial charge in [0.05, 0.1) is 5.92 Å². The molecule has 0 radical (unpaired) electrons. The van der Waals surface area contributed by atoms with Crippen molar-refractivity contribution >= 4 is 23.8 Å². The van der Waals surface area contributed by atoms with Gasteiger partial charge in [-0.3, -0.25) is 9.59 Å². The number of hydrogen-bond acceptors (Lipinski definition) is 3. The first kappa shape index (κ1) is 12.4. The van der Waals surface area contributed by atoms with Crippen LogP contribution in [0.1, 0.15) is 12.8 Å². The van der Waals surface area contributed by atoms with Crippen molar-refractivity contribution in [2.24, 2.45) is 5.92 Å². The highest BCUT2D eigenvalue weighted by molar-refractivity contribution is 5.73. The van der Waals surface area contributed by atoms with Gasteiger partial charge in [-0.1, -0.05) is 0 Å². The summed E-state index contributed by atoms with van der Waals surface area (Å²) in [5.41, 5.74) is 1.73. The number of rotatable bonds is 4. The van der Waals surface area contributed by atoms with Crippen LogP contribution in [-0.4, -0.2) is 30.6 Å². The smallest absolute Gasteiger partial charge is 0.308 e. The Morgan fingerprint density at radius 1 is 1.39 bits per heavy atom. The number of nitrogens with zero attached hydrogens (tertiary/aromatic N) is 1. The SMILES string of the molecule is O=CNc1ccc(N2CCCC(C(=O)O)C2)cc1. The molecule has 0 aliphatic carbocycles. The van der Waals surface area contributed by atoms with Crippen molar-refractivity contribution in [2.75, 3.05) is 23.3 Å². The van der Waals surface area contributed by atoms with Crippen LogP contribution in [0, 0.1) is 5.92 Å². The molecule has 1 aliphatic heterocycles. The average Bonchev–Trinajstić information content (AvgIpc) is 2.40. The molecule has 1 fully saturated rings. The van der Waals surface area contributed by atoms with Crippen LogP contribution in [-0.2, 0) is 9.59 Å². The molecule has 1 heterocycles. The zero-order valence-electron chi connectivity index (χ0n) is 10.0. The number of anilines is 2. The van der Waals surface area contributed by atoms with E-state index in [9.17, 15) is 9.59 Å². The second-order valence-corrected chi connectivity index (χ2v) is 4.43. The zero-order chi connectivity index (χ0) is 13.0. The number of aliphatic carboxylic acids is 1. The van der Waals surface area contributed by atoms with Crippen LogP contribution in [0.4, 0.5) is 11.4 Å². The number of amides is 1. The van der Waals surface area contributed by atoms with Crippen molar-refractivity contribution in [3.63, 3.8) is 0 Å². The van der Waals surface area contributed by atoms with E-state index in [-0.39, 0.29) is 5.92 Å². The van der Waals surface area contributed by atoms with Gasteiger partial charge in [0.2, 0.25) is 6.41 Å². The summed E-state index contributed by atoms with van der Waals surface area (Å²) in [6.07, 6.45) is 2.28. The molecule has 5 nitrogen and oxygen atoms in total. The number of nitrogens with one attached hydrogen (secondary N) is 1. The lowest BCUT2D eigenvalue weighted by Gasteiger charge is -2.32. The summed E-state index contributed by atoms with van der Waals surface area (Å²) in [6.45, 7) is 1.43. The minimum atomic E-state index is -0.723. The Bertz CT molecular complexity index is 430. The maximum Gasteiger partial charge on any atom is 0.308 e. The van der Waals surface area contributed by atoms with E-state index < -0.39 is 5.97 Å². The summed E-state index contributed by atoms with van der Waals surface area (Å²) in [5.74, 6) is -1.01. The first-order chi connectivity index (χ1) is 8.70. The first-order valence-electron chi connectivity index (χ1n) is 5.98. The van der Waals surface area contributed by atoms with Gasteiger partial charge >= 0.3 is 5.97 Å². The van der Waals surface area contributed by atoms with E-state index in [0.29, 0.717) is 13.0 Å². The summed E-state index contributed by atoms with van der Waals surface area (Å²) in [7, 11) is 0. The fourth-order valence-corrected chi connectivity index (χ4v) is 2.25. The number of hydrogen-bond donors (Lipinski definition) is 2. The van der Waals surface area contributed by atoms with E-state index in [2.05, 4.69) is 10.2 Å². The maximum atomic E-state index is 11.0. The quantitative estimate of drug-likeness (QED) is 0.793. The van der Waals surface area contributed by atoms with Gasteiger partial charge in [-0.15, -0.1) is 0 Å². The molecule has 2 rings (SSSR count). The second kappa shape index (κ2) is 5.53. The molecule has 18 heavy (non-hydrogen) atoms. The molecule has 1 amide bonds. The molecule has 1 saturated heterocycles. The van der Waals surface area contributed by atoms with Crippen LogP contribution in [0.5, 0.6) is 0 Å². The van der Waals surface area contributed by atoms with Crippen molar-refractivity contribution in [2.45, 2.75) is 12.8 Å². The van der Waals surface area contributed by atoms with Gasteiger partial charge in [0.15, 0.2) is 0 Å². The lowest BCUT2D eigenvalue weighted by atomic mass is 9.98. The van der Waals surface area contributed by atoms with Gasteiger partial charge in [-0.25, -0.2) is 0 Å². The Morgan fingerprint density at radius 3 is 2.72 bits per heavy atom. The number of carbonyl (C=O) groups is 2. The molecule has 0 bridgehead atoms. The topological polar surface area (TPSA) is 69.6 Å². The van der Waals surface area contributed by atoms with Gasteiger partial charge in [0.1, 0.15) is 0 Å². The van der Waals surface area contributed by atoms with E-state index in [4.69, 9.17) is 5.11 Å². The molecular weight excluding hydrogens is 232 g/mol. The van der Waals surface area contributed by atoms with Crippen LogP contribution in [0.2, 0.25) is 0 Å². The Labute approximate surface area is 105 Å². The van der Waals surface area contributed by atoms with Crippen molar-refractivity contribution in [1.29, 1.82) is 0 Å². The fourth-order valence-electron chi connectivity index (χ4n) is 2.25. The van der Waals surface area contributed by atoms with Crippen LogP contribution in [0.25, 0.3) is 0 Å². The molecule has 1 aliphatic rings. The van der Waals surface area contributed by atoms with Gasteiger partial charge in [0, 0.05) is 24.5 Å². The maximum absolute atomic E-state index is 11.0. The molecule has 1 unspecified atom stereocenters. The molecule has 2 N–H and O–H groups in total. The molecule has 0 saturated carbocycles. The largest absolute Gasteiger partial charge is 0.481 e. The van der Waals surface area contributed by atoms with Crippen LogP contribution < -0.4 is 10.2 Å². The van der Waals surface area contributed by atoms with Gasteiger partial charge < -0.3 is 15.3 Å². The average molecular weight is 248 g/mol. The number of carboxylic acids is 1. The Hall–Kier alpha value is -2.04. The molecule has 1 atom stereocenters. The normalized spacial score (nSPS) is 19.3. The molecule has 1 aromatic carbocycles. The highest BCUT2D eigenvalue weighted by Crippen LogP contribution is 2.24. The predicted octanol–water partition coefficient (Wildman–Crippen LogP) is 1.56. The highest BCUT2D eigenvalue weighted by Gasteiger charge is 2.25. The van der Waals surface area contributed by atoms with Gasteiger partial charge in [0.25, 0.3) is 0 Å². The molecule has 5 heteroatoms. The van der Waals surface area contributed by atoms with Crippen molar-refractivity contribution < 1.29 is 14.7 Å². The van der Waals surface area contributed by atoms with Gasteiger partial charge in [-0.05, 0) is 37.1 Å². The third kappa shape index (κ3) is 2.80. The van der Waals surface area contributed by atoms with E-state index in [1.54, 1.807) is 0 Å². The first-order valence-corrected chi connectivity index (χ1v) is 5.98. The highest BCUT2D eigenvalue weighted by atomic mass is 16.4. The number of carbonyl (C=O) groups excluding carboxylic acids is 1. The summed E-state index contributed by atoms with van der Waals surface area (Å²) >= 11 is 0. The summed E-state index contributed by atoms with van der Waals surface area (Å²) in [4.78, 5) is 23.4. The number of carboxylic acid groups (broad SMARTS) is 1. The molecule has 96 valence electrons. The minimum absolute atomic E-state index is 0.286. The molecule has 1 aromatic rings. The third-order valence-corrected chi connectivity index (χ3v) is 3.23. The van der Waals surface area contributed by atoms with Crippen molar-refractivity contribution in [1.82, 2.24) is 0 Å². The number of benzene rings is 1. The molecule has 0 aromatic heterocycles. The summed E-state index contributed by atoms with van der Waals surface area (Å²) in [6, 6.07) is 7.42. The van der Waals surface area contributed by atoms with Gasteiger partial charge in [-0.2, -0.15) is 0 Å². The van der Waals surface area contributed by atoms with Crippen molar-refractivity contribution in [3.05, 3.63) is 24.3 Å². The standard InChI is InChI=1S/C13H16N2O3/c16-9-14-11-3-5-12(6-4-11)15-7-1-2-10(8-15)13(17)18/h3-6,9-10H,1-2,7-8H2,(H,14,16)(H,17,18). The Morgan fingerprint density at radius 2 is 2.11 bits per heavy atom. The minimum Gasteiger partial charge on any atom is -0.481 e. The number of piperidine rings is 1. The lowest BCUT2D eigenvalue weighted by molar-refractivity contribution is -0.141. The third-order valence-electron chi connectivity index (χ3n) is 3.23. The Kier molecular flexibility index (Phi) is 3.82. The lowest BCUT2D eigenvalue weighted by Crippen LogP contribution is -2.38. The van der Waals surface area contributed by atoms with Crippen LogP contribution in [0.15, 0.2) is 24.3 Å². The van der Waals surface area contributed by atoms with Crippen LogP contribution >= 0.6 is 0 Å². The summed E-state index contributed by atoms with van der Waals surface area (Å²) in [5, 5.41) is 11.6. The van der Waals surface area contributed by atoms with E-state index in [1.165, 1.54) is 0 Å². The Balaban J connectivity index is 2.06. The summed E-state index contributed by atoms with van der Waals surface area (Å²) < 4.78 is 0. The van der Waals surface area contributed by atoms with E-state index in [1.807, 2.05) is 24.3 Å². The monoisotopic (exact) mass is 248 g/mol. The van der Waals surface area contributed by atoms with Crippen molar-refractivity contribution in [3.8, 4) is 0 Å². The van der Waals surface area contributed by atoms with Crippen LogP contribution in [0.3, 0.4) is 0 Å². The van der Waals surface area contributed by atoms with E-state index in [0.717, 1.165) is 30.8 Å². The predicted molar refractivity (Wildman–Crippen MR) is 68.7 cm³/mol. The zero-order valence-corrected chi connectivity index (χ0v) is 10.0.